The maximum atomic E-state index is 11.9. The zero-order valence-corrected chi connectivity index (χ0v) is 10.4. The molecule has 4 nitrogen and oxygen atoms in total. The zero-order valence-electron chi connectivity index (χ0n) is 9.56. The lowest BCUT2D eigenvalue weighted by atomic mass is 10.0. The highest BCUT2D eigenvalue weighted by Gasteiger charge is 2.39. The molecule has 5 heteroatoms. The molecule has 0 aromatic carbocycles. The van der Waals surface area contributed by atoms with Gasteiger partial charge in [0.1, 0.15) is 0 Å². The van der Waals surface area contributed by atoms with Gasteiger partial charge in [0, 0.05) is 12.0 Å². The highest BCUT2D eigenvalue weighted by Crippen LogP contribution is 2.24. The molecule has 1 rings (SSSR count). The van der Waals surface area contributed by atoms with Crippen LogP contribution in [-0.4, -0.2) is 30.4 Å². The SMILES string of the molecule is CCCC(C)C(=O)N1C(C)CCS1(=O)=O. The topological polar surface area (TPSA) is 54.5 Å². The molecular formula is C10H19NO3S. The van der Waals surface area contributed by atoms with Crippen molar-refractivity contribution in [1.82, 2.24) is 4.31 Å². The number of amides is 1. The van der Waals surface area contributed by atoms with Gasteiger partial charge in [0.2, 0.25) is 15.9 Å². The fraction of sp³-hybridized carbons (Fsp3) is 0.900. The van der Waals surface area contributed by atoms with Crippen molar-refractivity contribution >= 4 is 15.9 Å². The molecule has 2 atom stereocenters. The fourth-order valence-electron chi connectivity index (χ4n) is 1.94. The van der Waals surface area contributed by atoms with Crippen LogP contribution in [0.25, 0.3) is 0 Å². The molecule has 15 heavy (non-hydrogen) atoms. The third-order valence-electron chi connectivity index (χ3n) is 2.85. The van der Waals surface area contributed by atoms with Crippen molar-refractivity contribution in [2.24, 2.45) is 5.92 Å². The second-order valence-electron chi connectivity index (χ2n) is 4.28. The average Bonchev–Trinajstić information content (AvgIpc) is 2.40. The Morgan fingerprint density at radius 2 is 2.13 bits per heavy atom. The lowest BCUT2D eigenvalue weighted by molar-refractivity contribution is -0.131. The van der Waals surface area contributed by atoms with Crippen molar-refractivity contribution in [3.63, 3.8) is 0 Å². The second-order valence-corrected chi connectivity index (χ2v) is 6.24. The van der Waals surface area contributed by atoms with E-state index in [1.807, 2.05) is 6.92 Å². The Morgan fingerprint density at radius 1 is 1.53 bits per heavy atom. The zero-order chi connectivity index (χ0) is 11.6. The van der Waals surface area contributed by atoms with Crippen LogP contribution in [0.15, 0.2) is 0 Å². The van der Waals surface area contributed by atoms with Gasteiger partial charge in [-0.25, -0.2) is 12.7 Å². The third-order valence-corrected chi connectivity index (χ3v) is 4.74. The van der Waals surface area contributed by atoms with E-state index in [9.17, 15) is 13.2 Å². The molecule has 2 unspecified atom stereocenters. The Morgan fingerprint density at radius 3 is 2.53 bits per heavy atom. The Balaban J connectivity index is 2.82. The maximum absolute atomic E-state index is 11.9. The van der Waals surface area contributed by atoms with Crippen LogP contribution in [0.2, 0.25) is 0 Å². The van der Waals surface area contributed by atoms with Gasteiger partial charge in [0.15, 0.2) is 0 Å². The van der Waals surface area contributed by atoms with Gasteiger partial charge in [0.05, 0.1) is 5.75 Å². The molecular weight excluding hydrogens is 214 g/mol. The van der Waals surface area contributed by atoms with Gasteiger partial charge in [-0.05, 0) is 19.8 Å². The smallest absolute Gasteiger partial charge is 0.239 e. The molecule has 1 fully saturated rings. The quantitative estimate of drug-likeness (QED) is 0.740. The summed E-state index contributed by atoms with van der Waals surface area (Å²) >= 11 is 0. The van der Waals surface area contributed by atoms with Gasteiger partial charge in [-0.1, -0.05) is 20.3 Å². The maximum Gasteiger partial charge on any atom is 0.239 e. The molecule has 0 radical (unpaired) electrons. The summed E-state index contributed by atoms with van der Waals surface area (Å²) < 4.78 is 24.3. The van der Waals surface area contributed by atoms with Crippen molar-refractivity contribution in [2.45, 2.75) is 46.1 Å². The molecule has 0 aromatic rings. The summed E-state index contributed by atoms with van der Waals surface area (Å²) in [6.45, 7) is 5.58. The first-order valence-electron chi connectivity index (χ1n) is 5.46. The molecule has 0 aliphatic carbocycles. The number of sulfonamides is 1. The van der Waals surface area contributed by atoms with Crippen molar-refractivity contribution in [2.75, 3.05) is 5.75 Å². The molecule has 1 aliphatic rings. The van der Waals surface area contributed by atoms with E-state index in [-0.39, 0.29) is 23.6 Å². The summed E-state index contributed by atoms with van der Waals surface area (Å²) in [5.74, 6) is -0.314. The normalized spacial score (nSPS) is 26.6. The average molecular weight is 233 g/mol. The summed E-state index contributed by atoms with van der Waals surface area (Å²) in [4.78, 5) is 11.9. The summed E-state index contributed by atoms with van der Waals surface area (Å²) in [5, 5.41) is 0. The first kappa shape index (κ1) is 12.5. The number of carbonyl (C=O) groups is 1. The summed E-state index contributed by atoms with van der Waals surface area (Å²) in [7, 11) is -3.32. The monoisotopic (exact) mass is 233 g/mol. The second kappa shape index (κ2) is 4.51. The van der Waals surface area contributed by atoms with Gasteiger partial charge < -0.3 is 0 Å². The molecule has 0 bridgehead atoms. The van der Waals surface area contributed by atoms with Crippen LogP contribution in [0.5, 0.6) is 0 Å². The minimum Gasteiger partial charge on any atom is -0.274 e. The van der Waals surface area contributed by atoms with Crippen molar-refractivity contribution in [1.29, 1.82) is 0 Å². The molecule has 0 saturated carbocycles. The van der Waals surface area contributed by atoms with Crippen LogP contribution in [0.1, 0.15) is 40.0 Å². The van der Waals surface area contributed by atoms with Crippen molar-refractivity contribution in [3.8, 4) is 0 Å². The Bertz CT molecular complexity index is 337. The number of nitrogens with zero attached hydrogens (tertiary/aromatic N) is 1. The van der Waals surface area contributed by atoms with Crippen LogP contribution in [-0.2, 0) is 14.8 Å². The number of carbonyl (C=O) groups excluding carboxylic acids is 1. The molecule has 0 N–H and O–H groups in total. The highest BCUT2D eigenvalue weighted by atomic mass is 32.2. The number of hydrogen-bond acceptors (Lipinski definition) is 3. The molecule has 0 aromatic heterocycles. The predicted octanol–water partition coefficient (Wildman–Crippen LogP) is 1.37. The molecule has 1 saturated heterocycles. The van der Waals surface area contributed by atoms with Crippen LogP contribution in [0.3, 0.4) is 0 Å². The van der Waals surface area contributed by atoms with Crippen LogP contribution < -0.4 is 0 Å². The van der Waals surface area contributed by atoms with E-state index >= 15 is 0 Å². The number of hydrogen-bond donors (Lipinski definition) is 0. The van der Waals surface area contributed by atoms with Gasteiger partial charge in [-0.2, -0.15) is 0 Å². The van der Waals surface area contributed by atoms with Crippen molar-refractivity contribution < 1.29 is 13.2 Å². The van der Waals surface area contributed by atoms with E-state index in [4.69, 9.17) is 0 Å². The lowest BCUT2D eigenvalue weighted by Gasteiger charge is -2.23. The van der Waals surface area contributed by atoms with Crippen LogP contribution in [0.4, 0.5) is 0 Å². The fourth-order valence-corrected chi connectivity index (χ4v) is 3.88. The highest BCUT2D eigenvalue weighted by molar-refractivity contribution is 7.89. The molecule has 1 amide bonds. The Labute approximate surface area is 91.7 Å². The van der Waals surface area contributed by atoms with Gasteiger partial charge in [-0.15, -0.1) is 0 Å². The molecule has 88 valence electrons. The largest absolute Gasteiger partial charge is 0.274 e. The first-order chi connectivity index (χ1) is 6.90. The number of rotatable bonds is 3. The van der Waals surface area contributed by atoms with Crippen molar-refractivity contribution in [3.05, 3.63) is 0 Å². The van der Waals surface area contributed by atoms with Crippen LogP contribution in [0, 0.1) is 5.92 Å². The van der Waals surface area contributed by atoms with E-state index in [2.05, 4.69) is 0 Å². The standard InChI is InChI=1S/C10H19NO3S/c1-4-5-8(2)10(12)11-9(3)6-7-15(11,13)14/h8-9H,4-7H2,1-3H3. The van der Waals surface area contributed by atoms with E-state index in [1.54, 1.807) is 13.8 Å². The first-order valence-corrected chi connectivity index (χ1v) is 7.07. The van der Waals surface area contributed by atoms with E-state index in [0.717, 1.165) is 17.1 Å². The van der Waals surface area contributed by atoms with E-state index < -0.39 is 10.0 Å². The third kappa shape index (κ3) is 2.51. The summed E-state index contributed by atoms with van der Waals surface area (Å²) in [6.07, 6.45) is 2.21. The molecule has 0 spiro atoms. The lowest BCUT2D eigenvalue weighted by Crippen LogP contribution is -2.40. The van der Waals surface area contributed by atoms with Gasteiger partial charge in [-0.3, -0.25) is 4.79 Å². The molecule has 1 heterocycles. The van der Waals surface area contributed by atoms with E-state index in [1.165, 1.54) is 0 Å². The Hall–Kier alpha value is -0.580. The summed E-state index contributed by atoms with van der Waals surface area (Å²) in [5.41, 5.74) is 0. The predicted molar refractivity (Wildman–Crippen MR) is 58.8 cm³/mol. The Kier molecular flexibility index (Phi) is 3.76. The summed E-state index contributed by atoms with van der Waals surface area (Å²) in [6, 6.07) is -0.165. The minimum atomic E-state index is -3.32. The van der Waals surface area contributed by atoms with E-state index in [0.29, 0.717) is 6.42 Å². The van der Waals surface area contributed by atoms with Crippen LogP contribution >= 0.6 is 0 Å². The minimum absolute atomic E-state index is 0.110. The van der Waals surface area contributed by atoms with Gasteiger partial charge >= 0.3 is 0 Å². The van der Waals surface area contributed by atoms with Gasteiger partial charge in [0.25, 0.3) is 0 Å². The molecule has 1 aliphatic heterocycles.